The van der Waals surface area contributed by atoms with Crippen molar-refractivity contribution in [2.24, 2.45) is 22.7 Å². The van der Waals surface area contributed by atoms with Crippen LogP contribution in [-0.2, 0) is 11.0 Å². The topological polar surface area (TPSA) is 93.5 Å². The van der Waals surface area contributed by atoms with Gasteiger partial charge in [0.15, 0.2) is 5.78 Å². The fourth-order valence-corrected chi connectivity index (χ4v) is 2.85. The molecule has 5 nitrogen and oxygen atoms in total. The van der Waals surface area contributed by atoms with Gasteiger partial charge in [0.05, 0.1) is 11.3 Å². The van der Waals surface area contributed by atoms with Crippen molar-refractivity contribution in [3.63, 3.8) is 0 Å². The third-order valence-corrected chi connectivity index (χ3v) is 3.98. The van der Waals surface area contributed by atoms with Crippen LogP contribution in [0.15, 0.2) is 40.6 Å². The van der Waals surface area contributed by atoms with Crippen LogP contribution in [0, 0.1) is 5.92 Å². The van der Waals surface area contributed by atoms with Crippen molar-refractivity contribution < 1.29 is 18.0 Å². The summed E-state index contributed by atoms with van der Waals surface area (Å²) in [5.41, 5.74) is 4.46. The third-order valence-electron chi connectivity index (χ3n) is 3.98. The number of hydrogen-bond donors (Lipinski definition) is 3. The number of halogens is 4. The summed E-state index contributed by atoms with van der Waals surface area (Å²) < 4.78 is 38.4. The number of alkyl halides is 3. The predicted molar refractivity (Wildman–Crippen MR) is 91.8 cm³/mol. The maximum absolute atomic E-state index is 12.8. The zero-order chi connectivity index (χ0) is 17.9. The Balaban J connectivity index is 0.00000101. The molecular formula is C16H20ClF3N4O. The number of hydrogen-bond acceptors (Lipinski definition) is 5. The lowest BCUT2D eigenvalue weighted by molar-refractivity contribution is -0.137. The predicted octanol–water partition coefficient (Wildman–Crippen LogP) is 2.90. The first-order chi connectivity index (χ1) is 11.3. The first-order valence-electron chi connectivity index (χ1n) is 7.43. The molecule has 1 heterocycles. The van der Waals surface area contributed by atoms with E-state index in [9.17, 15) is 18.0 Å². The number of hydrazine groups is 1. The molecule has 1 aliphatic heterocycles. The van der Waals surface area contributed by atoms with Gasteiger partial charge in [-0.1, -0.05) is 19.1 Å². The quantitative estimate of drug-likeness (QED) is 0.519. The molecule has 3 rings (SSSR count). The van der Waals surface area contributed by atoms with Crippen LogP contribution < -0.4 is 17.1 Å². The molecule has 0 spiro atoms. The van der Waals surface area contributed by atoms with Gasteiger partial charge < -0.3 is 0 Å². The minimum atomic E-state index is -4.39. The number of nitrogens with two attached hydrogens (primary N) is 2. The summed E-state index contributed by atoms with van der Waals surface area (Å²) >= 11 is 0. The lowest BCUT2D eigenvalue weighted by atomic mass is 9.84. The molecule has 0 bridgehead atoms. The van der Waals surface area contributed by atoms with E-state index in [1.807, 2.05) is 6.92 Å². The van der Waals surface area contributed by atoms with E-state index >= 15 is 0 Å². The second-order valence-corrected chi connectivity index (χ2v) is 5.82. The Morgan fingerprint density at radius 1 is 1.24 bits per heavy atom. The van der Waals surface area contributed by atoms with E-state index in [0.29, 0.717) is 23.3 Å². The summed E-state index contributed by atoms with van der Waals surface area (Å²) in [6.45, 7) is 2.00. The van der Waals surface area contributed by atoms with Gasteiger partial charge in [0.25, 0.3) is 0 Å². The van der Waals surface area contributed by atoms with Gasteiger partial charge in [0, 0.05) is 24.1 Å². The Morgan fingerprint density at radius 2 is 1.92 bits per heavy atom. The molecule has 1 atom stereocenters. The number of allylic oxidation sites excluding steroid dienone is 2. The number of hydrazone groups is 1. The summed E-state index contributed by atoms with van der Waals surface area (Å²) in [5.74, 6) is 8.32. The van der Waals surface area contributed by atoms with Crippen molar-refractivity contribution in [2.75, 3.05) is 0 Å². The molecule has 1 aliphatic carbocycles. The van der Waals surface area contributed by atoms with Gasteiger partial charge in [-0.3, -0.25) is 21.9 Å². The first-order valence-corrected chi connectivity index (χ1v) is 7.43. The number of nitrogens with zero attached hydrogens (tertiary/aromatic N) is 1. The standard InChI is InChI=1S/C16H15F3N2O.ClH.H4N2/c1-9-5-14-12(15(22)6-9)8-13(20-21-14)10-3-2-4-11(7-10)16(17,18)19;;1-2/h2-4,7,9,21H,5-6,8H2,1H3;1H;1-2H2. The van der Waals surface area contributed by atoms with Gasteiger partial charge in [0.1, 0.15) is 0 Å². The van der Waals surface area contributed by atoms with Crippen molar-refractivity contribution in [3.05, 3.63) is 46.7 Å². The maximum Gasteiger partial charge on any atom is 0.416 e. The van der Waals surface area contributed by atoms with E-state index in [1.54, 1.807) is 6.07 Å². The van der Waals surface area contributed by atoms with E-state index < -0.39 is 11.7 Å². The number of rotatable bonds is 1. The largest absolute Gasteiger partial charge is 0.416 e. The van der Waals surface area contributed by atoms with Gasteiger partial charge in [0.2, 0.25) is 0 Å². The van der Waals surface area contributed by atoms with Crippen molar-refractivity contribution in [2.45, 2.75) is 32.4 Å². The van der Waals surface area contributed by atoms with Crippen LogP contribution >= 0.6 is 12.4 Å². The molecule has 2 aliphatic rings. The average Bonchev–Trinajstić information content (AvgIpc) is 2.56. The number of benzene rings is 1. The Kier molecular flexibility index (Phi) is 7.16. The molecule has 0 radical (unpaired) electrons. The van der Waals surface area contributed by atoms with Gasteiger partial charge >= 0.3 is 6.18 Å². The van der Waals surface area contributed by atoms with Gasteiger partial charge in [-0.25, -0.2) is 0 Å². The van der Waals surface area contributed by atoms with Crippen molar-refractivity contribution >= 4 is 23.9 Å². The van der Waals surface area contributed by atoms with E-state index in [1.165, 1.54) is 6.07 Å². The molecular weight excluding hydrogens is 357 g/mol. The van der Waals surface area contributed by atoms with Crippen molar-refractivity contribution in [1.29, 1.82) is 0 Å². The maximum atomic E-state index is 12.8. The second kappa shape index (κ2) is 8.46. The lowest BCUT2D eigenvalue weighted by Crippen LogP contribution is -2.29. The molecule has 0 amide bonds. The Hall–Kier alpha value is -1.90. The van der Waals surface area contributed by atoms with E-state index in [4.69, 9.17) is 0 Å². The van der Waals surface area contributed by atoms with Crippen LogP contribution in [0.2, 0.25) is 0 Å². The number of Topliss-reactive ketones (excluding diaryl/α,β-unsaturated/α-hetero) is 1. The molecule has 9 heteroatoms. The summed E-state index contributed by atoms with van der Waals surface area (Å²) in [6.07, 6.45) is -2.87. The number of carbonyl (C=O) groups is 1. The van der Waals surface area contributed by atoms with Crippen LogP contribution in [-0.4, -0.2) is 11.5 Å². The molecule has 1 aromatic carbocycles. The van der Waals surface area contributed by atoms with Gasteiger partial charge in [-0.05, 0) is 30.0 Å². The summed E-state index contributed by atoms with van der Waals surface area (Å²) in [4.78, 5) is 12.1. The fraction of sp³-hybridized carbons (Fsp3) is 0.375. The minimum Gasteiger partial charge on any atom is -0.294 e. The molecule has 1 unspecified atom stereocenters. The minimum absolute atomic E-state index is 0. The van der Waals surface area contributed by atoms with Crippen LogP contribution in [0.4, 0.5) is 13.2 Å². The van der Waals surface area contributed by atoms with Crippen LogP contribution in [0.3, 0.4) is 0 Å². The molecule has 0 aromatic heterocycles. The summed E-state index contributed by atoms with van der Waals surface area (Å²) in [5, 5.41) is 4.17. The molecule has 0 saturated carbocycles. The highest BCUT2D eigenvalue weighted by molar-refractivity contribution is 6.09. The molecule has 0 saturated heterocycles. The number of ketones is 1. The van der Waals surface area contributed by atoms with Crippen LogP contribution in [0.25, 0.3) is 0 Å². The molecule has 25 heavy (non-hydrogen) atoms. The van der Waals surface area contributed by atoms with Crippen LogP contribution in [0.5, 0.6) is 0 Å². The van der Waals surface area contributed by atoms with Crippen molar-refractivity contribution in [3.8, 4) is 0 Å². The third kappa shape index (κ3) is 4.81. The average molecular weight is 377 g/mol. The molecule has 0 fully saturated rings. The van der Waals surface area contributed by atoms with Crippen molar-refractivity contribution in [1.82, 2.24) is 5.43 Å². The Morgan fingerprint density at radius 3 is 2.56 bits per heavy atom. The van der Waals surface area contributed by atoms with E-state index in [-0.39, 0.29) is 30.5 Å². The molecule has 138 valence electrons. The number of nitrogens with one attached hydrogen (secondary N) is 1. The normalized spacial score (nSPS) is 19.7. The van der Waals surface area contributed by atoms with E-state index in [0.717, 1.165) is 24.3 Å². The SMILES string of the molecule is CC1CC(=O)C2=C(C1)NN=C(c1cccc(C(F)(F)F)c1)C2.Cl.NN. The van der Waals surface area contributed by atoms with E-state index in [2.05, 4.69) is 22.2 Å². The zero-order valence-corrected chi connectivity index (χ0v) is 14.4. The van der Waals surface area contributed by atoms with Gasteiger partial charge in [-0.15, -0.1) is 12.4 Å². The van der Waals surface area contributed by atoms with Crippen LogP contribution in [0.1, 0.15) is 37.3 Å². The summed E-state index contributed by atoms with van der Waals surface area (Å²) in [6, 6.07) is 5.03. The second-order valence-electron chi connectivity index (χ2n) is 5.82. The lowest BCUT2D eigenvalue weighted by Gasteiger charge is -2.27. The molecule has 5 N–H and O–H groups in total. The fourth-order valence-electron chi connectivity index (χ4n) is 2.85. The smallest absolute Gasteiger partial charge is 0.294 e. The molecule has 1 aromatic rings. The first kappa shape index (κ1) is 21.1. The Labute approximate surface area is 149 Å². The zero-order valence-electron chi connectivity index (χ0n) is 13.6. The highest BCUT2D eigenvalue weighted by Crippen LogP contribution is 2.32. The highest BCUT2D eigenvalue weighted by atomic mass is 35.5. The number of carbonyl (C=O) groups excluding carboxylic acids is 1. The monoisotopic (exact) mass is 376 g/mol. The summed E-state index contributed by atoms with van der Waals surface area (Å²) in [7, 11) is 0. The van der Waals surface area contributed by atoms with Gasteiger partial charge in [-0.2, -0.15) is 18.3 Å². The highest BCUT2D eigenvalue weighted by Gasteiger charge is 2.32. The Bertz CT molecular complexity index is 701.